The summed E-state index contributed by atoms with van der Waals surface area (Å²) < 4.78 is 13.6. The first-order valence-electron chi connectivity index (χ1n) is 12.0. The Labute approximate surface area is 216 Å². The molecule has 36 heavy (non-hydrogen) atoms. The third kappa shape index (κ3) is 6.26. The lowest BCUT2D eigenvalue weighted by Gasteiger charge is -2.13. The molecule has 1 amide bonds. The van der Waals surface area contributed by atoms with Crippen molar-refractivity contribution in [2.75, 3.05) is 13.7 Å². The van der Waals surface area contributed by atoms with Crippen LogP contribution in [0.15, 0.2) is 79.4 Å². The van der Waals surface area contributed by atoms with E-state index in [-0.39, 0.29) is 5.91 Å². The van der Waals surface area contributed by atoms with Crippen LogP contribution in [0.5, 0.6) is 11.5 Å². The zero-order valence-corrected chi connectivity index (χ0v) is 21.1. The molecule has 0 saturated heterocycles. The van der Waals surface area contributed by atoms with Gasteiger partial charge in [-0.1, -0.05) is 35.9 Å². The third-order valence-corrected chi connectivity index (χ3v) is 6.14. The van der Waals surface area contributed by atoms with Gasteiger partial charge < -0.3 is 19.4 Å². The fourth-order valence-corrected chi connectivity index (χ4v) is 4.18. The maximum atomic E-state index is 12.6. The Balaban J connectivity index is 1.36. The van der Waals surface area contributed by atoms with E-state index < -0.39 is 0 Å². The molecule has 7 heteroatoms. The molecule has 4 aromatic rings. The van der Waals surface area contributed by atoms with Crippen molar-refractivity contribution in [3.63, 3.8) is 0 Å². The van der Waals surface area contributed by atoms with Crippen LogP contribution >= 0.6 is 11.6 Å². The number of imidazole rings is 1. The lowest BCUT2D eigenvalue weighted by molar-refractivity contribution is 0.0949. The Morgan fingerprint density at radius 3 is 2.67 bits per heavy atom. The number of fused-ring (bicyclic) bond motifs is 1. The third-order valence-electron chi connectivity index (χ3n) is 5.89. The van der Waals surface area contributed by atoms with E-state index in [0.29, 0.717) is 23.7 Å². The predicted octanol–water partition coefficient (Wildman–Crippen LogP) is 6.22. The number of aryl methyl sites for hydroxylation is 1. The number of aromatic nitrogens is 2. The average molecular weight is 504 g/mol. The van der Waals surface area contributed by atoms with Crippen molar-refractivity contribution in [2.45, 2.75) is 32.4 Å². The van der Waals surface area contributed by atoms with Gasteiger partial charge in [0.05, 0.1) is 31.3 Å². The number of amides is 1. The Hall–Kier alpha value is -3.77. The highest BCUT2D eigenvalue weighted by atomic mass is 35.5. The van der Waals surface area contributed by atoms with Crippen LogP contribution in [0.3, 0.4) is 0 Å². The van der Waals surface area contributed by atoms with Gasteiger partial charge in [-0.15, -0.1) is 6.58 Å². The van der Waals surface area contributed by atoms with Crippen molar-refractivity contribution >= 4 is 28.5 Å². The minimum Gasteiger partial charge on any atom is -0.493 e. The zero-order chi connectivity index (χ0) is 25.3. The van der Waals surface area contributed by atoms with E-state index in [0.717, 1.165) is 59.7 Å². The standard InChI is InChI=1S/C29H30ClN3O3/c1-3-8-21-11-16-26(27(19-21)35-2)36-18-7-6-17-33-25-10-5-4-9-24(25)32-28(33)20-31-29(34)22-12-14-23(30)15-13-22/h3-5,9-16,19H,1,6-8,17-18,20H2,2H3,(H,31,34). The van der Waals surface area contributed by atoms with Gasteiger partial charge in [-0.2, -0.15) is 0 Å². The number of methoxy groups -OCH3 is 1. The molecule has 0 aliphatic heterocycles. The van der Waals surface area contributed by atoms with Crippen LogP contribution in [0.25, 0.3) is 11.0 Å². The molecule has 6 nitrogen and oxygen atoms in total. The molecule has 0 spiro atoms. The fraction of sp³-hybridized carbons (Fsp3) is 0.241. The van der Waals surface area contributed by atoms with Crippen LogP contribution in [0.1, 0.15) is 34.6 Å². The summed E-state index contributed by atoms with van der Waals surface area (Å²) in [7, 11) is 1.65. The summed E-state index contributed by atoms with van der Waals surface area (Å²) in [5.41, 5.74) is 3.66. The number of rotatable bonds is 12. The van der Waals surface area contributed by atoms with Crippen LogP contribution < -0.4 is 14.8 Å². The molecular formula is C29H30ClN3O3. The molecule has 1 N–H and O–H groups in total. The van der Waals surface area contributed by atoms with Crippen molar-refractivity contribution in [3.8, 4) is 11.5 Å². The molecule has 0 unspecified atom stereocenters. The monoisotopic (exact) mass is 503 g/mol. The molecule has 0 aliphatic rings. The lowest BCUT2D eigenvalue weighted by Crippen LogP contribution is -2.24. The molecule has 0 radical (unpaired) electrons. The number of halogens is 1. The zero-order valence-electron chi connectivity index (χ0n) is 20.4. The van der Waals surface area contributed by atoms with E-state index >= 15 is 0 Å². The molecule has 186 valence electrons. The number of hydrogen-bond donors (Lipinski definition) is 1. The second-order valence-electron chi connectivity index (χ2n) is 8.39. The van der Waals surface area contributed by atoms with E-state index in [1.54, 1.807) is 31.4 Å². The number of carbonyl (C=O) groups excluding carboxylic acids is 1. The van der Waals surface area contributed by atoms with E-state index in [4.69, 9.17) is 26.1 Å². The largest absolute Gasteiger partial charge is 0.493 e. The molecule has 1 aromatic heterocycles. The molecule has 0 fully saturated rings. The Morgan fingerprint density at radius 1 is 1.08 bits per heavy atom. The number of unbranched alkanes of at least 4 members (excludes halogenated alkanes) is 1. The minimum absolute atomic E-state index is 0.160. The second kappa shape index (κ2) is 12.3. The number of carbonyl (C=O) groups is 1. The number of allylic oxidation sites excluding steroid dienone is 1. The van der Waals surface area contributed by atoms with Gasteiger partial charge in [-0.25, -0.2) is 4.98 Å². The molecule has 4 rings (SSSR count). The summed E-state index contributed by atoms with van der Waals surface area (Å²) >= 11 is 5.93. The molecule has 0 bridgehead atoms. The number of nitrogens with zero attached hydrogens (tertiary/aromatic N) is 2. The quantitative estimate of drug-likeness (QED) is 0.184. The van der Waals surface area contributed by atoms with Gasteiger partial charge >= 0.3 is 0 Å². The number of ether oxygens (including phenoxy) is 2. The maximum absolute atomic E-state index is 12.6. The van der Waals surface area contributed by atoms with Crippen LogP contribution in [0.4, 0.5) is 0 Å². The molecule has 1 heterocycles. The normalized spacial score (nSPS) is 10.8. The molecule has 0 saturated carbocycles. The summed E-state index contributed by atoms with van der Waals surface area (Å²) in [6.45, 7) is 5.46. The predicted molar refractivity (Wildman–Crippen MR) is 144 cm³/mol. The highest BCUT2D eigenvalue weighted by Gasteiger charge is 2.13. The molecule has 3 aromatic carbocycles. The lowest BCUT2D eigenvalue weighted by atomic mass is 10.1. The number of para-hydroxylation sites is 2. The van der Waals surface area contributed by atoms with E-state index in [1.165, 1.54) is 0 Å². The van der Waals surface area contributed by atoms with Gasteiger partial charge in [0, 0.05) is 17.1 Å². The van der Waals surface area contributed by atoms with Crippen LogP contribution in [0.2, 0.25) is 5.02 Å². The van der Waals surface area contributed by atoms with E-state index in [2.05, 4.69) is 22.5 Å². The number of benzene rings is 3. The smallest absolute Gasteiger partial charge is 0.251 e. The summed E-state index contributed by atoms with van der Waals surface area (Å²) in [5, 5.41) is 3.57. The average Bonchev–Trinajstić information content (AvgIpc) is 3.25. The first-order chi connectivity index (χ1) is 17.6. The number of hydrogen-bond acceptors (Lipinski definition) is 4. The van der Waals surface area contributed by atoms with Crippen LogP contribution in [-0.2, 0) is 19.5 Å². The Morgan fingerprint density at radius 2 is 1.89 bits per heavy atom. The summed E-state index contributed by atoms with van der Waals surface area (Å²) in [6.07, 6.45) is 4.42. The number of nitrogens with one attached hydrogen (secondary N) is 1. The Kier molecular flexibility index (Phi) is 8.63. The van der Waals surface area contributed by atoms with Crippen molar-refractivity contribution in [3.05, 3.63) is 101 Å². The van der Waals surface area contributed by atoms with Gasteiger partial charge in [0.2, 0.25) is 0 Å². The van der Waals surface area contributed by atoms with Crippen molar-refractivity contribution < 1.29 is 14.3 Å². The van der Waals surface area contributed by atoms with Crippen molar-refractivity contribution in [1.82, 2.24) is 14.9 Å². The van der Waals surface area contributed by atoms with Gasteiger partial charge in [0.25, 0.3) is 5.91 Å². The highest BCUT2D eigenvalue weighted by molar-refractivity contribution is 6.30. The second-order valence-corrected chi connectivity index (χ2v) is 8.83. The minimum atomic E-state index is -0.160. The van der Waals surface area contributed by atoms with E-state index in [1.807, 2.05) is 42.5 Å². The summed E-state index contributed by atoms with van der Waals surface area (Å²) in [5.74, 6) is 2.13. The molecular weight excluding hydrogens is 474 g/mol. The molecule has 0 atom stereocenters. The highest BCUT2D eigenvalue weighted by Crippen LogP contribution is 2.28. The van der Waals surface area contributed by atoms with Crippen molar-refractivity contribution in [2.24, 2.45) is 0 Å². The SMILES string of the molecule is C=CCc1ccc(OCCCCn2c(CNC(=O)c3ccc(Cl)cc3)nc3ccccc32)c(OC)c1. The summed E-state index contributed by atoms with van der Waals surface area (Å²) in [4.78, 5) is 17.3. The van der Waals surface area contributed by atoms with Crippen LogP contribution in [0, 0.1) is 0 Å². The first kappa shape index (κ1) is 25.3. The van der Waals surface area contributed by atoms with Gasteiger partial charge in [0.15, 0.2) is 11.5 Å². The molecule has 0 aliphatic carbocycles. The van der Waals surface area contributed by atoms with Crippen LogP contribution in [-0.4, -0.2) is 29.2 Å². The van der Waals surface area contributed by atoms with Crippen molar-refractivity contribution in [1.29, 1.82) is 0 Å². The first-order valence-corrected chi connectivity index (χ1v) is 12.4. The fourth-order valence-electron chi connectivity index (χ4n) is 4.05. The maximum Gasteiger partial charge on any atom is 0.251 e. The van der Waals surface area contributed by atoms with Gasteiger partial charge in [-0.05, 0) is 73.4 Å². The van der Waals surface area contributed by atoms with E-state index in [9.17, 15) is 4.79 Å². The summed E-state index contributed by atoms with van der Waals surface area (Å²) in [6, 6.07) is 20.8. The topological polar surface area (TPSA) is 65.4 Å². The van der Waals surface area contributed by atoms with Gasteiger partial charge in [0.1, 0.15) is 5.82 Å². The van der Waals surface area contributed by atoms with Gasteiger partial charge in [-0.3, -0.25) is 4.79 Å². The Bertz CT molecular complexity index is 1330.